The summed E-state index contributed by atoms with van der Waals surface area (Å²) in [6, 6.07) is 0. The minimum atomic E-state index is 0. The van der Waals surface area contributed by atoms with Gasteiger partial charge in [-0.15, -0.1) is 24.0 Å². The van der Waals surface area contributed by atoms with Gasteiger partial charge in [0.1, 0.15) is 0 Å². The van der Waals surface area contributed by atoms with Crippen molar-refractivity contribution < 1.29 is 4.74 Å². The third kappa shape index (κ3) is 4.75. The molecule has 0 aromatic heterocycles. The molecule has 0 atom stereocenters. The highest BCUT2D eigenvalue weighted by atomic mass is 127. The molecule has 0 unspecified atom stereocenters. The van der Waals surface area contributed by atoms with Crippen LogP contribution in [0.25, 0.3) is 0 Å². The first-order valence-corrected chi connectivity index (χ1v) is 9.52. The molecule has 3 aliphatic heterocycles. The molecule has 140 valence electrons. The van der Waals surface area contributed by atoms with E-state index in [9.17, 15) is 0 Å². The van der Waals surface area contributed by atoms with Crippen LogP contribution in [0.4, 0.5) is 0 Å². The second-order valence-electron chi connectivity index (χ2n) is 7.60. The Morgan fingerprint density at radius 3 is 2.33 bits per heavy atom. The van der Waals surface area contributed by atoms with Gasteiger partial charge in [0.05, 0.1) is 0 Å². The zero-order valence-electron chi connectivity index (χ0n) is 15.4. The Hall–Kier alpha value is -0.0800. The van der Waals surface area contributed by atoms with Gasteiger partial charge in [0.25, 0.3) is 0 Å². The fourth-order valence-electron chi connectivity index (χ4n) is 4.34. The first-order chi connectivity index (χ1) is 11.2. The summed E-state index contributed by atoms with van der Waals surface area (Å²) in [4.78, 5) is 9.72. The van der Waals surface area contributed by atoms with Crippen LogP contribution in [0.3, 0.4) is 0 Å². The van der Waals surface area contributed by atoms with E-state index in [0.717, 1.165) is 57.6 Å². The quantitative estimate of drug-likeness (QED) is 0.408. The Morgan fingerprint density at radius 1 is 1.12 bits per heavy atom. The average Bonchev–Trinajstić information content (AvgIpc) is 3.13. The topological polar surface area (TPSA) is 40.1 Å². The van der Waals surface area contributed by atoms with Gasteiger partial charge >= 0.3 is 0 Å². The third-order valence-corrected chi connectivity index (χ3v) is 6.07. The molecule has 3 rings (SSSR count). The van der Waals surface area contributed by atoms with E-state index in [2.05, 4.69) is 27.0 Å². The number of ether oxygens (including phenoxy) is 1. The molecule has 5 nitrogen and oxygen atoms in total. The van der Waals surface area contributed by atoms with Crippen LogP contribution < -0.4 is 5.32 Å². The fraction of sp³-hybridized carbons (Fsp3) is 0.944. The lowest BCUT2D eigenvalue weighted by Crippen LogP contribution is -2.59. The SMILES string of the molecule is CN=C(NCC1(N2CCCC2)CCOCC1)N1CCC(C)CC1.I. The monoisotopic (exact) mass is 450 g/mol. The molecule has 0 aromatic rings. The van der Waals surface area contributed by atoms with Crippen LogP contribution in [-0.4, -0.2) is 74.3 Å². The van der Waals surface area contributed by atoms with Crippen LogP contribution in [0.5, 0.6) is 0 Å². The van der Waals surface area contributed by atoms with Crippen LogP contribution in [0.15, 0.2) is 4.99 Å². The molecule has 6 heteroatoms. The number of rotatable bonds is 3. The molecule has 0 bridgehead atoms. The predicted molar refractivity (Wildman–Crippen MR) is 110 cm³/mol. The number of nitrogens with zero attached hydrogens (tertiary/aromatic N) is 3. The largest absolute Gasteiger partial charge is 0.381 e. The smallest absolute Gasteiger partial charge is 0.193 e. The predicted octanol–water partition coefficient (Wildman–Crippen LogP) is 2.56. The van der Waals surface area contributed by atoms with Crippen molar-refractivity contribution in [3.63, 3.8) is 0 Å². The highest BCUT2D eigenvalue weighted by molar-refractivity contribution is 14.0. The highest BCUT2D eigenvalue weighted by Crippen LogP contribution is 2.30. The van der Waals surface area contributed by atoms with Crippen molar-refractivity contribution in [1.82, 2.24) is 15.1 Å². The summed E-state index contributed by atoms with van der Waals surface area (Å²) >= 11 is 0. The van der Waals surface area contributed by atoms with Gasteiger partial charge in [-0.25, -0.2) is 0 Å². The molecule has 1 N–H and O–H groups in total. The van der Waals surface area contributed by atoms with Gasteiger partial charge in [-0.05, 0) is 57.5 Å². The van der Waals surface area contributed by atoms with E-state index in [1.807, 2.05) is 7.05 Å². The third-order valence-electron chi connectivity index (χ3n) is 6.07. The maximum absolute atomic E-state index is 5.65. The molecule has 3 saturated heterocycles. The van der Waals surface area contributed by atoms with E-state index < -0.39 is 0 Å². The maximum atomic E-state index is 5.65. The summed E-state index contributed by atoms with van der Waals surface area (Å²) in [5.41, 5.74) is 0.272. The van der Waals surface area contributed by atoms with Gasteiger partial charge in [-0.2, -0.15) is 0 Å². The standard InChI is InChI=1S/C18H34N4O.HI/c1-16-5-11-21(12-6-16)17(19-2)20-15-18(7-13-23-14-8-18)22-9-3-4-10-22;/h16H,3-15H2,1-2H3,(H,19,20);1H. The first-order valence-electron chi connectivity index (χ1n) is 9.52. The summed E-state index contributed by atoms with van der Waals surface area (Å²) < 4.78 is 5.65. The Kier molecular flexibility index (Phi) is 8.07. The van der Waals surface area contributed by atoms with Gasteiger partial charge in [0.2, 0.25) is 0 Å². The Bertz CT molecular complexity index is 398. The normalized spacial score (nSPS) is 26.2. The summed E-state index contributed by atoms with van der Waals surface area (Å²) in [5.74, 6) is 1.96. The number of nitrogens with one attached hydrogen (secondary N) is 1. The fourth-order valence-corrected chi connectivity index (χ4v) is 4.34. The van der Waals surface area contributed by atoms with Crippen molar-refractivity contribution in [1.29, 1.82) is 0 Å². The zero-order chi connectivity index (χ0) is 16.1. The molecule has 0 spiro atoms. The molecular formula is C18H35IN4O. The van der Waals surface area contributed by atoms with Gasteiger partial charge in [0, 0.05) is 45.4 Å². The second kappa shape index (κ2) is 9.57. The molecule has 0 aromatic carbocycles. The van der Waals surface area contributed by atoms with Gasteiger partial charge in [-0.3, -0.25) is 9.89 Å². The van der Waals surface area contributed by atoms with Crippen LogP contribution in [0.1, 0.15) is 45.4 Å². The van der Waals surface area contributed by atoms with E-state index in [0.29, 0.717) is 0 Å². The van der Waals surface area contributed by atoms with Crippen molar-refractivity contribution in [2.45, 2.75) is 51.0 Å². The van der Waals surface area contributed by atoms with Gasteiger partial charge in [-0.1, -0.05) is 6.92 Å². The summed E-state index contributed by atoms with van der Waals surface area (Å²) in [6.45, 7) is 9.95. The maximum Gasteiger partial charge on any atom is 0.193 e. The molecule has 0 aliphatic carbocycles. The van der Waals surface area contributed by atoms with Crippen LogP contribution >= 0.6 is 24.0 Å². The van der Waals surface area contributed by atoms with Crippen molar-refractivity contribution in [3.05, 3.63) is 0 Å². The molecule has 3 heterocycles. The van der Waals surface area contributed by atoms with Crippen molar-refractivity contribution >= 4 is 29.9 Å². The van der Waals surface area contributed by atoms with Crippen LogP contribution in [-0.2, 0) is 4.74 Å². The van der Waals surface area contributed by atoms with E-state index in [-0.39, 0.29) is 29.5 Å². The first kappa shape index (κ1) is 20.2. The number of halogens is 1. The number of likely N-dealkylation sites (tertiary alicyclic amines) is 2. The Balaban J connectivity index is 0.00000208. The Labute approximate surface area is 164 Å². The number of hydrogen-bond acceptors (Lipinski definition) is 3. The lowest BCUT2D eigenvalue weighted by atomic mass is 9.88. The minimum Gasteiger partial charge on any atom is -0.381 e. The van der Waals surface area contributed by atoms with E-state index in [1.165, 1.54) is 38.8 Å². The van der Waals surface area contributed by atoms with E-state index in [1.54, 1.807) is 0 Å². The van der Waals surface area contributed by atoms with Crippen LogP contribution in [0.2, 0.25) is 0 Å². The summed E-state index contributed by atoms with van der Waals surface area (Å²) in [5, 5.41) is 3.72. The van der Waals surface area contributed by atoms with E-state index in [4.69, 9.17) is 4.74 Å². The summed E-state index contributed by atoms with van der Waals surface area (Å²) in [6.07, 6.45) is 7.56. The van der Waals surface area contributed by atoms with Crippen molar-refractivity contribution in [2.75, 3.05) is 53.0 Å². The van der Waals surface area contributed by atoms with Gasteiger partial charge < -0.3 is 15.0 Å². The summed E-state index contributed by atoms with van der Waals surface area (Å²) in [7, 11) is 1.92. The number of hydrogen-bond donors (Lipinski definition) is 1. The number of guanidine groups is 1. The molecular weight excluding hydrogens is 415 g/mol. The van der Waals surface area contributed by atoms with Crippen LogP contribution in [0, 0.1) is 5.92 Å². The highest BCUT2D eigenvalue weighted by Gasteiger charge is 2.39. The second-order valence-corrected chi connectivity index (χ2v) is 7.60. The Morgan fingerprint density at radius 2 is 1.75 bits per heavy atom. The van der Waals surface area contributed by atoms with E-state index >= 15 is 0 Å². The molecule has 3 aliphatic rings. The molecule has 3 fully saturated rings. The molecule has 0 radical (unpaired) electrons. The number of aliphatic imine (C=N–C) groups is 1. The number of piperidine rings is 1. The lowest BCUT2D eigenvalue weighted by Gasteiger charge is -2.45. The van der Waals surface area contributed by atoms with Crippen molar-refractivity contribution in [3.8, 4) is 0 Å². The molecule has 24 heavy (non-hydrogen) atoms. The average molecular weight is 450 g/mol. The molecule has 0 saturated carbocycles. The zero-order valence-corrected chi connectivity index (χ0v) is 17.8. The lowest BCUT2D eigenvalue weighted by molar-refractivity contribution is -0.0167. The van der Waals surface area contributed by atoms with Gasteiger partial charge in [0.15, 0.2) is 5.96 Å². The minimum absolute atomic E-state index is 0. The molecule has 0 amide bonds. The van der Waals surface area contributed by atoms with Crippen molar-refractivity contribution in [2.24, 2.45) is 10.9 Å².